The smallest absolute Gasteiger partial charge is 0.276 e. The molecule has 1 aromatic carbocycles. The first kappa shape index (κ1) is 24.1. The van der Waals surface area contributed by atoms with Crippen LogP contribution in [0.25, 0.3) is 0 Å². The van der Waals surface area contributed by atoms with E-state index in [4.69, 9.17) is 14.9 Å². The number of hydrogen-bond donors (Lipinski definition) is 2. The summed E-state index contributed by atoms with van der Waals surface area (Å²) < 4.78 is 53.1. The van der Waals surface area contributed by atoms with Crippen molar-refractivity contribution in [1.82, 2.24) is 15.0 Å². The highest BCUT2D eigenvalue weighted by atomic mass is 32.2. The van der Waals surface area contributed by atoms with Gasteiger partial charge in [-0.2, -0.15) is 0 Å². The van der Waals surface area contributed by atoms with Crippen LogP contribution in [0.3, 0.4) is 0 Å². The van der Waals surface area contributed by atoms with E-state index in [1.165, 1.54) is 24.7 Å². The first-order valence-corrected chi connectivity index (χ1v) is 11.7. The molecular formula is C23H21F3N6O3S. The lowest BCUT2D eigenvalue weighted by Gasteiger charge is -2.33. The number of carbonyl (C=O) groups is 1. The number of ether oxygens (including phenoxy) is 1. The Morgan fingerprint density at radius 2 is 2.17 bits per heavy atom. The molecule has 1 aliphatic carbocycles. The van der Waals surface area contributed by atoms with Crippen molar-refractivity contribution in [2.24, 2.45) is 16.6 Å². The Morgan fingerprint density at radius 1 is 1.36 bits per heavy atom. The third-order valence-electron chi connectivity index (χ3n) is 6.38. The molecule has 9 nitrogen and oxygen atoms in total. The zero-order chi connectivity index (χ0) is 25.7. The zero-order valence-corrected chi connectivity index (χ0v) is 20.0. The lowest BCUT2D eigenvalue weighted by Crippen LogP contribution is -2.37. The van der Waals surface area contributed by atoms with Crippen molar-refractivity contribution in [2.45, 2.75) is 37.2 Å². The van der Waals surface area contributed by atoms with Crippen molar-refractivity contribution in [3.05, 3.63) is 65.3 Å². The van der Waals surface area contributed by atoms with E-state index in [2.05, 4.69) is 25.3 Å². The van der Waals surface area contributed by atoms with Crippen molar-refractivity contribution in [3.63, 3.8) is 0 Å². The van der Waals surface area contributed by atoms with Crippen LogP contribution in [-0.2, 0) is 12.1 Å². The summed E-state index contributed by atoms with van der Waals surface area (Å²) in [5.74, 6) is -2.87. The van der Waals surface area contributed by atoms with Gasteiger partial charge in [0.15, 0.2) is 23.4 Å². The van der Waals surface area contributed by atoms with Gasteiger partial charge in [-0.1, -0.05) is 11.8 Å². The topological polar surface area (TPSA) is 129 Å². The average molecular weight is 519 g/mol. The van der Waals surface area contributed by atoms with Crippen LogP contribution in [0, 0.1) is 24.5 Å². The lowest BCUT2D eigenvalue weighted by molar-refractivity contribution is 0.102. The Hall–Kier alpha value is -3.61. The number of hydrogen-bond acceptors (Lipinski definition) is 9. The Bertz CT molecular complexity index is 1370. The maximum Gasteiger partial charge on any atom is 0.276 e. The minimum Gasteiger partial charge on any atom is -0.467 e. The lowest BCUT2D eigenvalue weighted by atomic mass is 9.85. The van der Waals surface area contributed by atoms with E-state index in [0.717, 1.165) is 17.8 Å². The number of anilines is 1. The SMILES string of the molecule is Cc1nc(OCc2ncco2)cnc1C(=O)Nc1cc(F)c(F)c([C@]2(C)N=C(N)S[C@@]3(CF)C[C@H]32)c1. The van der Waals surface area contributed by atoms with Gasteiger partial charge in [-0.05, 0) is 26.3 Å². The fourth-order valence-electron chi connectivity index (χ4n) is 4.50. The van der Waals surface area contributed by atoms with Crippen molar-refractivity contribution >= 4 is 28.5 Å². The van der Waals surface area contributed by atoms with Crippen LogP contribution in [0.5, 0.6) is 5.88 Å². The Labute approximate surface area is 207 Å². The van der Waals surface area contributed by atoms with Crippen LogP contribution in [0.2, 0.25) is 0 Å². The fraction of sp³-hybridized carbons (Fsp3) is 0.348. The maximum atomic E-state index is 15.0. The van der Waals surface area contributed by atoms with Crippen molar-refractivity contribution in [2.75, 3.05) is 12.0 Å². The third kappa shape index (κ3) is 4.16. The molecule has 0 radical (unpaired) electrons. The van der Waals surface area contributed by atoms with Gasteiger partial charge in [0.1, 0.15) is 18.6 Å². The molecule has 13 heteroatoms. The van der Waals surface area contributed by atoms with E-state index in [0.29, 0.717) is 12.3 Å². The van der Waals surface area contributed by atoms with E-state index in [1.54, 1.807) is 13.8 Å². The molecule has 1 fully saturated rings. The summed E-state index contributed by atoms with van der Waals surface area (Å²) in [5, 5.41) is 2.63. The zero-order valence-electron chi connectivity index (χ0n) is 19.2. The number of oxazole rings is 1. The number of nitrogens with two attached hydrogens (primary N) is 1. The van der Waals surface area contributed by atoms with Crippen LogP contribution >= 0.6 is 11.8 Å². The molecule has 0 bridgehead atoms. The number of aliphatic imine (C=N–C) groups is 1. The van der Waals surface area contributed by atoms with Crippen molar-refractivity contribution in [1.29, 1.82) is 0 Å². The number of fused-ring (bicyclic) bond motifs is 1. The molecule has 1 aliphatic heterocycles. The molecule has 3 N–H and O–H groups in total. The molecule has 2 aromatic heterocycles. The number of aromatic nitrogens is 3. The van der Waals surface area contributed by atoms with Gasteiger partial charge in [0.2, 0.25) is 11.8 Å². The van der Waals surface area contributed by atoms with E-state index in [-0.39, 0.29) is 46.2 Å². The summed E-state index contributed by atoms with van der Waals surface area (Å²) in [6.45, 7) is 2.51. The largest absolute Gasteiger partial charge is 0.467 e. The number of alkyl halides is 1. The van der Waals surface area contributed by atoms with Gasteiger partial charge in [-0.15, -0.1) is 0 Å². The Morgan fingerprint density at radius 3 is 2.86 bits per heavy atom. The predicted molar refractivity (Wildman–Crippen MR) is 125 cm³/mol. The molecule has 0 saturated heterocycles. The minimum absolute atomic E-state index is 0.0148. The summed E-state index contributed by atoms with van der Waals surface area (Å²) in [6.07, 6.45) is 4.56. The van der Waals surface area contributed by atoms with Crippen molar-refractivity contribution < 1.29 is 27.1 Å². The van der Waals surface area contributed by atoms with Gasteiger partial charge in [-0.25, -0.2) is 28.1 Å². The monoisotopic (exact) mass is 518 g/mol. The number of nitrogens with one attached hydrogen (secondary N) is 1. The number of benzene rings is 1. The van der Waals surface area contributed by atoms with E-state index in [1.807, 2.05) is 0 Å². The number of halogens is 3. The summed E-state index contributed by atoms with van der Waals surface area (Å²) in [4.78, 5) is 29.5. The van der Waals surface area contributed by atoms with Crippen LogP contribution in [-0.4, -0.2) is 37.4 Å². The normalized spacial score (nSPS) is 24.6. The van der Waals surface area contributed by atoms with Crippen LogP contribution in [0.1, 0.15) is 41.0 Å². The summed E-state index contributed by atoms with van der Waals surface area (Å²) in [6, 6.07) is 2.15. The number of amidine groups is 1. The molecule has 36 heavy (non-hydrogen) atoms. The summed E-state index contributed by atoms with van der Waals surface area (Å²) in [5.41, 5.74) is 4.71. The highest BCUT2D eigenvalue weighted by Gasteiger charge is 2.66. The summed E-state index contributed by atoms with van der Waals surface area (Å²) >= 11 is 1.12. The Balaban J connectivity index is 1.38. The molecule has 3 aromatic rings. The minimum atomic E-state index is -1.29. The molecule has 1 amide bonds. The van der Waals surface area contributed by atoms with Gasteiger partial charge in [-0.3, -0.25) is 9.79 Å². The molecule has 5 rings (SSSR count). The number of aryl methyl sites for hydroxylation is 1. The first-order chi connectivity index (χ1) is 17.1. The van der Waals surface area contributed by atoms with Crippen LogP contribution in [0.4, 0.5) is 18.9 Å². The third-order valence-corrected chi connectivity index (χ3v) is 7.64. The second kappa shape index (κ2) is 8.80. The van der Waals surface area contributed by atoms with Gasteiger partial charge in [0.25, 0.3) is 5.91 Å². The second-order valence-electron chi connectivity index (χ2n) is 8.79. The van der Waals surface area contributed by atoms with E-state index < -0.39 is 34.5 Å². The predicted octanol–water partition coefficient (Wildman–Crippen LogP) is 3.89. The molecule has 1 saturated carbocycles. The quantitative estimate of drug-likeness (QED) is 0.482. The molecule has 188 valence electrons. The highest BCUT2D eigenvalue weighted by Crippen LogP contribution is 2.66. The molecule has 0 unspecified atom stereocenters. The highest BCUT2D eigenvalue weighted by molar-refractivity contribution is 8.15. The van der Waals surface area contributed by atoms with Crippen LogP contribution < -0.4 is 15.8 Å². The summed E-state index contributed by atoms with van der Waals surface area (Å²) in [7, 11) is 0. The van der Waals surface area contributed by atoms with Gasteiger partial charge in [0.05, 0.1) is 28.4 Å². The van der Waals surface area contributed by atoms with Crippen molar-refractivity contribution in [3.8, 4) is 5.88 Å². The second-order valence-corrected chi connectivity index (χ2v) is 10.2. The molecule has 2 aliphatic rings. The Kier molecular flexibility index (Phi) is 5.89. The van der Waals surface area contributed by atoms with E-state index >= 15 is 0 Å². The fourth-order valence-corrected chi connectivity index (χ4v) is 5.83. The molecule has 0 spiro atoms. The van der Waals surface area contributed by atoms with Crippen LogP contribution in [0.15, 0.2) is 40.2 Å². The average Bonchev–Trinajstić information content (AvgIpc) is 3.34. The number of nitrogens with zero attached hydrogens (tertiary/aromatic N) is 4. The number of rotatable bonds is 7. The molecular weight excluding hydrogens is 497 g/mol. The van der Waals surface area contributed by atoms with Gasteiger partial charge >= 0.3 is 0 Å². The standard InChI is InChI=1S/C23H21F3N6O3S/c1-11-19(29-8-16(30-11)35-9-17-28-3-4-34-17)20(33)31-12-5-13(18(26)14(25)6-12)22(2)15-7-23(15,10-24)36-21(27)32-22/h3-6,8,15H,7,9-10H2,1-2H3,(H2,27,32)(H,31,33)/t15-,22-,23+/m0/s1. The number of amides is 1. The van der Waals surface area contributed by atoms with Gasteiger partial charge < -0.3 is 20.2 Å². The maximum absolute atomic E-state index is 15.0. The van der Waals surface area contributed by atoms with Gasteiger partial charge in [0, 0.05) is 23.2 Å². The first-order valence-electron chi connectivity index (χ1n) is 10.9. The molecule has 3 atom stereocenters. The number of carbonyl (C=O) groups excluding carboxylic acids is 1. The molecule has 3 heterocycles. The van der Waals surface area contributed by atoms with E-state index in [9.17, 15) is 18.0 Å². The number of thioether (sulfide) groups is 1.